The molecule has 196 valence electrons. The minimum atomic E-state index is -1.05. The second-order valence-corrected chi connectivity index (χ2v) is 10.2. The van der Waals surface area contributed by atoms with Crippen molar-refractivity contribution < 1.29 is 23.7 Å². The summed E-state index contributed by atoms with van der Waals surface area (Å²) in [6.45, 7) is 0.187. The average Bonchev–Trinajstić information content (AvgIpc) is 3.50. The van der Waals surface area contributed by atoms with E-state index in [-0.39, 0.29) is 12.2 Å². The number of aromatic carboxylic acids is 1. The van der Waals surface area contributed by atoms with Gasteiger partial charge in [0, 0.05) is 29.3 Å². The zero-order chi connectivity index (χ0) is 27.1. The van der Waals surface area contributed by atoms with E-state index >= 15 is 0 Å². The summed E-state index contributed by atoms with van der Waals surface area (Å²) in [5.41, 5.74) is 3.58. The molecule has 5 aromatic rings. The minimum Gasteiger partial charge on any atom is -0.489 e. The first-order chi connectivity index (χ1) is 18.9. The molecular formula is C28H18Cl3N3O5. The Morgan fingerprint density at radius 3 is 2.41 bits per heavy atom. The van der Waals surface area contributed by atoms with Crippen molar-refractivity contribution in [2.24, 2.45) is 0 Å². The van der Waals surface area contributed by atoms with Crippen LogP contribution in [0.5, 0.6) is 5.75 Å². The topological polar surface area (TPSA) is 111 Å². The van der Waals surface area contributed by atoms with E-state index in [2.05, 4.69) is 15.3 Å². The van der Waals surface area contributed by atoms with Gasteiger partial charge in [-0.25, -0.2) is 4.79 Å². The quantitative estimate of drug-likeness (QED) is 0.195. The van der Waals surface area contributed by atoms with Gasteiger partial charge in [-0.3, -0.25) is 4.98 Å². The Balaban J connectivity index is 1.23. The lowest BCUT2D eigenvalue weighted by molar-refractivity contribution is 0.0696. The van der Waals surface area contributed by atoms with Gasteiger partial charge in [-0.05, 0) is 55.3 Å². The first-order valence-corrected chi connectivity index (χ1v) is 13.0. The predicted octanol–water partition coefficient (Wildman–Crippen LogP) is 8.17. The first-order valence-electron chi connectivity index (χ1n) is 11.9. The number of hydrogen-bond donors (Lipinski definition) is 1. The molecule has 11 heteroatoms. The molecule has 39 heavy (non-hydrogen) atoms. The third kappa shape index (κ3) is 5.11. The van der Waals surface area contributed by atoms with Crippen LogP contribution in [0.15, 0.2) is 69.8 Å². The van der Waals surface area contributed by atoms with Crippen LogP contribution in [0.2, 0.25) is 15.1 Å². The van der Waals surface area contributed by atoms with Gasteiger partial charge in [0.1, 0.15) is 29.5 Å². The van der Waals surface area contributed by atoms with Gasteiger partial charge in [-0.15, -0.1) is 0 Å². The van der Waals surface area contributed by atoms with E-state index in [9.17, 15) is 4.79 Å². The van der Waals surface area contributed by atoms with E-state index in [1.807, 2.05) is 0 Å². The number of benzene rings is 2. The maximum absolute atomic E-state index is 11.1. The molecule has 0 saturated heterocycles. The van der Waals surface area contributed by atoms with E-state index in [0.29, 0.717) is 60.7 Å². The molecule has 3 aromatic heterocycles. The third-order valence-electron chi connectivity index (χ3n) is 6.34. The standard InChI is InChI=1S/C28H18Cl3N3O5/c29-19-2-1-3-20(30)25(19)26-18(27(39-34-26)14-4-5-14)13-37-16-7-8-17(21(31)10-16)24-11-23(33-38-24)22-9-6-15(12-32-22)28(35)36/h1-3,6-12,14H,4-5,13H2,(H,35,36). The molecular weight excluding hydrogens is 565 g/mol. The zero-order valence-electron chi connectivity index (χ0n) is 20.0. The molecule has 0 radical (unpaired) electrons. The Hall–Kier alpha value is -3.85. The fourth-order valence-electron chi connectivity index (χ4n) is 4.18. The van der Waals surface area contributed by atoms with Crippen molar-refractivity contribution in [2.75, 3.05) is 0 Å². The molecule has 0 spiro atoms. The number of pyridine rings is 1. The number of halogens is 3. The van der Waals surface area contributed by atoms with Crippen molar-refractivity contribution in [1.29, 1.82) is 0 Å². The van der Waals surface area contributed by atoms with Crippen molar-refractivity contribution in [2.45, 2.75) is 25.4 Å². The summed E-state index contributed by atoms with van der Waals surface area (Å²) in [6, 6.07) is 15.2. The Kier molecular flexibility index (Phi) is 6.76. The second kappa shape index (κ2) is 10.4. The molecule has 1 saturated carbocycles. The Bertz CT molecular complexity index is 1670. The highest BCUT2D eigenvalue weighted by atomic mass is 35.5. The van der Waals surface area contributed by atoms with Crippen molar-refractivity contribution in [1.82, 2.24) is 15.3 Å². The lowest BCUT2D eigenvalue weighted by atomic mass is 10.0. The lowest BCUT2D eigenvalue weighted by Crippen LogP contribution is -2.00. The molecule has 1 fully saturated rings. The minimum absolute atomic E-state index is 0.0821. The molecule has 2 aromatic carbocycles. The van der Waals surface area contributed by atoms with Crippen LogP contribution >= 0.6 is 34.8 Å². The third-order valence-corrected chi connectivity index (χ3v) is 7.28. The maximum atomic E-state index is 11.1. The molecule has 1 aliphatic rings. The summed E-state index contributed by atoms with van der Waals surface area (Å²) in [6.07, 6.45) is 3.31. The highest BCUT2D eigenvalue weighted by Gasteiger charge is 2.33. The van der Waals surface area contributed by atoms with E-state index < -0.39 is 5.97 Å². The van der Waals surface area contributed by atoms with Gasteiger partial charge in [-0.1, -0.05) is 51.2 Å². The van der Waals surface area contributed by atoms with Crippen molar-refractivity contribution >= 4 is 40.8 Å². The summed E-state index contributed by atoms with van der Waals surface area (Å²) in [7, 11) is 0. The summed E-state index contributed by atoms with van der Waals surface area (Å²) in [4.78, 5) is 15.2. The Morgan fingerprint density at radius 1 is 0.949 bits per heavy atom. The number of aromatic nitrogens is 3. The molecule has 0 amide bonds. The molecule has 1 aliphatic carbocycles. The summed E-state index contributed by atoms with van der Waals surface area (Å²) in [5.74, 6) is 0.987. The molecule has 0 bridgehead atoms. The maximum Gasteiger partial charge on any atom is 0.337 e. The fraction of sp³-hybridized carbons (Fsp3) is 0.143. The van der Waals surface area contributed by atoms with Crippen molar-refractivity contribution in [3.63, 3.8) is 0 Å². The molecule has 0 aliphatic heterocycles. The van der Waals surface area contributed by atoms with Gasteiger partial charge in [0.05, 0.1) is 31.9 Å². The van der Waals surface area contributed by atoms with Crippen LogP contribution < -0.4 is 4.74 Å². The van der Waals surface area contributed by atoms with Crippen LogP contribution in [0.1, 0.15) is 40.4 Å². The van der Waals surface area contributed by atoms with Crippen LogP contribution in [-0.2, 0) is 6.61 Å². The molecule has 3 heterocycles. The fourth-order valence-corrected chi connectivity index (χ4v) is 5.02. The van der Waals surface area contributed by atoms with E-state index in [0.717, 1.165) is 24.2 Å². The highest BCUT2D eigenvalue weighted by molar-refractivity contribution is 6.39. The van der Waals surface area contributed by atoms with Gasteiger partial charge < -0.3 is 18.9 Å². The van der Waals surface area contributed by atoms with E-state index in [4.69, 9.17) is 53.7 Å². The Morgan fingerprint density at radius 2 is 1.74 bits per heavy atom. The molecule has 1 N–H and O–H groups in total. The van der Waals surface area contributed by atoms with E-state index in [1.165, 1.54) is 12.3 Å². The number of hydrogen-bond acceptors (Lipinski definition) is 7. The van der Waals surface area contributed by atoms with Crippen LogP contribution in [-0.4, -0.2) is 26.4 Å². The normalized spacial score (nSPS) is 13.0. The largest absolute Gasteiger partial charge is 0.489 e. The lowest BCUT2D eigenvalue weighted by Gasteiger charge is -2.10. The zero-order valence-corrected chi connectivity index (χ0v) is 22.3. The molecule has 6 rings (SSSR count). The highest BCUT2D eigenvalue weighted by Crippen LogP contribution is 2.46. The smallest absolute Gasteiger partial charge is 0.337 e. The van der Waals surface area contributed by atoms with Crippen LogP contribution in [0.3, 0.4) is 0 Å². The molecule has 8 nitrogen and oxygen atoms in total. The van der Waals surface area contributed by atoms with Crippen molar-refractivity contribution in [3.05, 3.63) is 92.7 Å². The van der Waals surface area contributed by atoms with Crippen molar-refractivity contribution in [3.8, 4) is 39.7 Å². The van der Waals surface area contributed by atoms with Gasteiger partial charge in [0.25, 0.3) is 0 Å². The van der Waals surface area contributed by atoms with Gasteiger partial charge in [0.15, 0.2) is 5.76 Å². The number of carboxylic acid groups (broad SMARTS) is 1. The number of rotatable bonds is 8. The van der Waals surface area contributed by atoms with Crippen LogP contribution in [0.25, 0.3) is 34.0 Å². The van der Waals surface area contributed by atoms with Gasteiger partial charge >= 0.3 is 5.97 Å². The summed E-state index contributed by atoms with van der Waals surface area (Å²) < 4.78 is 17.3. The SMILES string of the molecule is O=C(O)c1ccc(-c2cc(-c3ccc(OCc4c(-c5c(Cl)cccc5Cl)noc4C4CC4)cc3Cl)on2)nc1. The van der Waals surface area contributed by atoms with E-state index in [1.54, 1.807) is 48.5 Å². The Labute approximate surface area is 237 Å². The number of carboxylic acids is 1. The monoisotopic (exact) mass is 581 g/mol. The summed E-state index contributed by atoms with van der Waals surface area (Å²) in [5, 5.41) is 18.7. The average molecular weight is 583 g/mol. The molecule has 0 unspecified atom stereocenters. The van der Waals surface area contributed by atoms with Gasteiger partial charge in [-0.2, -0.15) is 0 Å². The predicted molar refractivity (Wildman–Crippen MR) is 145 cm³/mol. The first kappa shape index (κ1) is 25.4. The van der Waals surface area contributed by atoms with Crippen LogP contribution in [0.4, 0.5) is 0 Å². The number of ether oxygens (including phenoxy) is 1. The molecule has 0 atom stereocenters. The summed E-state index contributed by atoms with van der Waals surface area (Å²) >= 11 is 19.5. The number of carbonyl (C=O) groups is 1. The van der Waals surface area contributed by atoms with Gasteiger partial charge in [0.2, 0.25) is 0 Å². The van der Waals surface area contributed by atoms with Crippen LogP contribution in [0, 0.1) is 0 Å². The number of nitrogens with zero attached hydrogens (tertiary/aromatic N) is 3. The second-order valence-electron chi connectivity index (χ2n) is 8.99.